The van der Waals surface area contributed by atoms with E-state index >= 15 is 0 Å². The Bertz CT molecular complexity index is 7070. The lowest BCUT2D eigenvalue weighted by Gasteiger charge is -2.46. The van der Waals surface area contributed by atoms with Crippen LogP contribution in [0.1, 0.15) is 253 Å². The van der Waals surface area contributed by atoms with Gasteiger partial charge < -0.3 is 18.9 Å². The van der Waals surface area contributed by atoms with E-state index in [9.17, 15) is 16.4 Å². The van der Waals surface area contributed by atoms with Crippen LogP contribution in [0.25, 0.3) is 99.5 Å². The molecular formula is C122H139BN4. The third kappa shape index (κ3) is 18.6. The predicted molar refractivity (Wildman–Crippen MR) is 555 cm³/mol. The maximum absolute atomic E-state index is 10.2. The van der Waals surface area contributed by atoms with Crippen molar-refractivity contribution in [2.75, 3.05) is 9.80 Å². The van der Waals surface area contributed by atoms with Gasteiger partial charge in [0.25, 0.3) is 6.71 Å². The highest BCUT2D eigenvalue weighted by Crippen LogP contribution is 2.55. The molecule has 2 aromatic heterocycles. The minimum Gasteiger partial charge on any atom is -0.311 e. The number of rotatable bonds is 16. The van der Waals surface area contributed by atoms with Crippen LogP contribution in [-0.4, -0.2) is 15.8 Å². The first kappa shape index (κ1) is 74.1. The number of nitrogens with zero attached hydrogens (tertiary/aromatic N) is 4. The van der Waals surface area contributed by atoms with Gasteiger partial charge in [-0.2, -0.15) is 0 Å². The standard InChI is InChI=1S/C122H139BN4/c1-114(2,3)70-78-36-32-40-84(56-78)95-68-107(97(62-88(95)76-120(19,20)21)86-42-34-38-80(58-86)72-116(7,8)9)126-109-66-91(124-103-46-30-28-44-93(103)99-60-82(48-54-105(99)124)74-118(13,14)15)50-52-101(109)123-102-53-51-92(125-104-47-31-29-45-94(104)100-61-83(49-55-106(100)125)75-119(16,17)18)67-110(102)127(112-65-90(122(25,26)27)64-111(126)113(112)123)108-69-96(85-41-33-37-79(57-85)71-115(4,5)6)89(77-121(22,23)24)63-98(108)87-43-35-39-81(59-87)73-117(10,11)12/h28-69H,70-77H2,1-27H3/i28D,29D,30D,31D,44D,45D,46D,47D,74D2,75D2. The molecule has 0 radical (unpaired) electrons. The molecule has 15 aromatic rings. The van der Waals surface area contributed by atoms with Gasteiger partial charge >= 0.3 is 0 Å². The summed E-state index contributed by atoms with van der Waals surface area (Å²) >= 11 is 0. The molecule has 2 aliphatic heterocycles. The van der Waals surface area contributed by atoms with Gasteiger partial charge in [-0.15, -0.1) is 0 Å². The second-order valence-electron chi connectivity index (χ2n) is 47.4. The molecule has 0 fully saturated rings. The zero-order valence-corrected chi connectivity index (χ0v) is 80.7. The highest BCUT2D eigenvalue weighted by Gasteiger charge is 2.46. The molecule has 2 aliphatic rings. The Balaban J connectivity index is 1.10. The van der Waals surface area contributed by atoms with E-state index < -0.39 is 47.8 Å². The lowest BCUT2D eigenvalue weighted by atomic mass is 9.33. The minimum absolute atomic E-state index is 0.0344. The van der Waals surface area contributed by atoms with Crippen LogP contribution in [0.3, 0.4) is 0 Å². The van der Waals surface area contributed by atoms with Crippen molar-refractivity contribution in [2.24, 2.45) is 43.3 Å². The van der Waals surface area contributed by atoms with E-state index in [1.165, 1.54) is 33.4 Å². The summed E-state index contributed by atoms with van der Waals surface area (Å²) in [4.78, 5) is 5.10. The molecule has 5 heteroatoms. The first-order chi connectivity index (χ1) is 64.4. The third-order valence-electron chi connectivity index (χ3n) is 24.5. The van der Waals surface area contributed by atoms with E-state index in [0.717, 1.165) is 139 Å². The van der Waals surface area contributed by atoms with Crippen molar-refractivity contribution in [3.8, 4) is 55.9 Å². The predicted octanol–water partition coefficient (Wildman–Crippen LogP) is 32.6. The molecule has 0 atom stereocenters. The van der Waals surface area contributed by atoms with Crippen LogP contribution in [0.4, 0.5) is 34.1 Å². The van der Waals surface area contributed by atoms with Gasteiger partial charge in [-0.05, 0) is 297 Å². The van der Waals surface area contributed by atoms with E-state index in [2.05, 4.69) is 325 Å². The molecule has 127 heavy (non-hydrogen) atoms. The second kappa shape index (κ2) is 32.1. The van der Waals surface area contributed by atoms with Gasteiger partial charge in [-0.1, -0.05) is 345 Å². The summed E-state index contributed by atoms with van der Waals surface area (Å²) in [5, 5.41) is 1.55. The molecule has 0 spiro atoms. The molecule has 4 nitrogen and oxygen atoms in total. The fourth-order valence-electron chi connectivity index (χ4n) is 20.1. The topological polar surface area (TPSA) is 16.3 Å². The van der Waals surface area contributed by atoms with Crippen LogP contribution in [-0.2, 0) is 56.7 Å². The highest BCUT2D eigenvalue weighted by atomic mass is 15.2. The molecule has 650 valence electrons. The molecule has 0 unspecified atom stereocenters. The van der Waals surface area contributed by atoms with Crippen LogP contribution >= 0.6 is 0 Å². The van der Waals surface area contributed by atoms with Crippen molar-refractivity contribution in [1.82, 2.24) is 9.13 Å². The van der Waals surface area contributed by atoms with Gasteiger partial charge in [0.05, 0.1) is 44.4 Å². The summed E-state index contributed by atoms with van der Waals surface area (Å²) in [5.74, 6) is 0. The summed E-state index contributed by atoms with van der Waals surface area (Å²) in [6.07, 6.45) is 1.02. The Labute approximate surface area is 779 Å². The first-order valence-electron chi connectivity index (χ1n) is 52.2. The van der Waals surface area contributed by atoms with Crippen molar-refractivity contribution in [1.29, 1.82) is 0 Å². The molecule has 4 heterocycles. The molecule has 0 saturated carbocycles. The van der Waals surface area contributed by atoms with Gasteiger partial charge in [0, 0.05) is 72.3 Å². The number of hydrogen-bond acceptors (Lipinski definition) is 2. The zero-order chi connectivity index (χ0) is 101. The summed E-state index contributed by atoms with van der Waals surface area (Å²) in [5.41, 5.74) is 25.6. The van der Waals surface area contributed by atoms with Crippen molar-refractivity contribution in [3.63, 3.8) is 0 Å². The fourth-order valence-corrected chi connectivity index (χ4v) is 20.1. The maximum atomic E-state index is 10.2. The molecule has 0 aliphatic carbocycles. The Morgan fingerprint density at radius 3 is 0.921 bits per heavy atom. The van der Waals surface area contributed by atoms with Gasteiger partial charge in [0.1, 0.15) is 0 Å². The Hall–Kier alpha value is -10.9. The molecule has 0 amide bonds. The molecule has 0 N–H and O–H groups in total. The van der Waals surface area contributed by atoms with E-state index in [1.54, 1.807) is 0 Å². The van der Waals surface area contributed by atoms with Crippen molar-refractivity contribution in [2.45, 2.75) is 244 Å². The smallest absolute Gasteiger partial charge is 0.252 e. The zero-order valence-electron chi connectivity index (χ0n) is 92.7. The average Bonchev–Trinajstić information content (AvgIpc) is 1.06. The number of hydrogen-bond donors (Lipinski definition) is 0. The van der Waals surface area contributed by atoms with Gasteiger partial charge in [-0.3, -0.25) is 0 Å². The molecular weight excluding hydrogens is 1530 g/mol. The SMILES string of the molecule is [2H]c1c([2H])c([2H])c2c(c1[2H])c1cc(C([2H])([2H])C(C)(C)C)ccc1n2-c1ccc2c(c1)N(c1cc(-c3cccc(CC(C)(C)C)c3)c(CC(C)(C)C)cc1-c1cccc(CC(C)(C)C)c1)c1cc(C(C)(C)C)cc3c1B2c1ccc(-n2c4ccc(C([2H])([2H])C(C)(C)C)cc4c4c([2H])c([2H])c([2H])c([2H])c42)cc1N3c1cc(-c2cccc(CC(C)(C)C)c2)c(CC(C)(C)C)cc1-c1cccc(CC(C)(C)C)c1. The molecule has 13 aromatic carbocycles. The quantitative estimate of drug-likeness (QED) is 0.0897. The third-order valence-corrected chi connectivity index (χ3v) is 24.5. The summed E-state index contributed by atoms with van der Waals surface area (Å²) in [6.45, 7) is 59.1. The van der Waals surface area contributed by atoms with Crippen molar-refractivity contribution in [3.05, 3.63) is 305 Å². The number of fused-ring (bicyclic) bond motifs is 10. The molecule has 0 bridgehead atoms. The largest absolute Gasteiger partial charge is 0.311 e. The molecule has 17 rings (SSSR count). The summed E-state index contributed by atoms with van der Waals surface area (Å²) in [7, 11) is 0. The average molecular weight is 1680 g/mol. The van der Waals surface area contributed by atoms with Crippen LogP contribution in [0.5, 0.6) is 0 Å². The van der Waals surface area contributed by atoms with E-state index in [-0.39, 0.29) is 90.6 Å². The normalized spacial score (nSPS) is 15.3. The van der Waals surface area contributed by atoms with Crippen LogP contribution in [0.2, 0.25) is 0 Å². The van der Waals surface area contributed by atoms with Crippen LogP contribution in [0.15, 0.2) is 255 Å². The van der Waals surface area contributed by atoms with Gasteiger partial charge in [0.2, 0.25) is 0 Å². The van der Waals surface area contributed by atoms with Crippen LogP contribution < -0.4 is 26.2 Å². The Morgan fingerprint density at radius 1 is 0.268 bits per heavy atom. The van der Waals surface area contributed by atoms with Gasteiger partial charge in [-0.25, -0.2) is 0 Å². The Morgan fingerprint density at radius 2 is 0.598 bits per heavy atom. The van der Waals surface area contributed by atoms with E-state index in [1.807, 2.05) is 87.1 Å². The number of benzene rings is 13. The Kier molecular flexibility index (Phi) is 18.7. The number of aromatic nitrogens is 2. The monoisotopic (exact) mass is 1680 g/mol. The van der Waals surface area contributed by atoms with E-state index in [4.69, 9.17) is 0 Å². The van der Waals surface area contributed by atoms with Gasteiger partial charge in [0.15, 0.2) is 0 Å². The maximum Gasteiger partial charge on any atom is 0.252 e. The fraction of sp³-hybridized carbons (Fsp3) is 0.361. The number of para-hydroxylation sites is 2. The highest BCUT2D eigenvalue weighted by molar-refractivity contribution is 7.00. The lowest BCUT2D eigenvalue weighted by molar-refractivity contribution is 0.410. The van der Waals surface area contributed by atoms with E-state index in [0.29, 0.717) is 44.3 Å². The lowest BCUT2D eigenvalue weighted by Crippen LogP contribution is -2.61. The first-order valence-corrected chi connectivity index (χ1v) is 46.2. The summed E-state index contributed by atoms with van der Waals surface area (Å²) in [6, 6.07) is 73.3. The molecule has 0 saturated heterocycles. The number of anilines is 6. The van der Waals surface area contributed by atoms with Crippen molar-refractivity contribution >= 4 is 101 Å². The minimum atomic E-state index is -1.88. The van der Waals surface area contributed by atoms with Crippen LogP contribution in [0, 0.1) is 43.3 Å². The summed E-state index contributed by atoms with van der Waals surface area (Å²) < 4.78 is 122. The van der Waals surface area contributed by atoms with Crippen molar-refractivity contribution < 1.29 is 16.4 Å². The second-order valence-corrected chi connectivity index (χ2v) is 47.4.